The molecule has 1 aliphatic carbocycles. The lowest BCUT2D eigenvalue weighted by molar-refractivity contribution is 0.343. The second-order valence-corrected chi connectivity index (χ2v) is 5.34. The van der Waals surface area contributed by atoms with Crippen LogP contribution in [0.1, 0.15) is 30.5 Å². The van der Waals surface area contributed by atoms with Crippen LogP contribution in [0.25, 0.3) is 0 Å². The summed E-state index contributed by atoms with van der Waals surface area (Å²) in [5.74, 6) is 2.08. The van der Waals surface area contributed by atoms with Crippen molar-refractivity contribution in [2.24, 2.45) is 0 Å². The largest absolute Gasteiger partial charge is 0.493 e. The summed E-state index contributed by atoms with van der Waals surface area (Å²) in [6, 6.07) is 7.10. The van der Waals surface area contributed by atoms with Gasteiger partial charge in [-0.15, -0.1) is 0 Å². The normalized spacial score (nSPS) is 18.1. The summed E-state index contributed by atoms with van der Waals surface area (Å²) in [4.78, 5) is 0. The molecular weight excluding hydrogens is 230 g/mol. The molecule has 2 nitrogen and oxygen atoms in total. The van der Waals surface area contributed by atoms with Crippen LogP contribution < -0.4 is 10.1 Å². The summed E-state index contributed by atoms with van der Waals surface area (Å²) < 4.78 is 5.73. The van der Waals surface area contributed by atoms with Crippen LogP contribution in [0, 0.1) is 0 Å². The highest BCUT2D eigenvalue weighted by Crippen LogP contribution is 2.33. The fraction of sp³-hybridized carbons (Fsp3) is 0.571. The highest BCUT2D eigenvalue weighted by Gasteiger charge is 2.21. The van der Waals surface area contributed by atoms with Crippen LogP contribution >= 0.6 is 11.8 Å². The number of thioether (sulfide) groups is 1. The molecule has 1 aromatic carbocycles. The molecule has 0 aliphatic heterocycles. The molecule has 0 saturated heterocycles. The molecule has 1 aliphatic rings. The Hall–Kier alpha value is -0.670. The van der Waals surface area contributed by atoms with E-state index in [9.17, 15) is 0 Å². The van der Waals surface area contributed by atoms with E-state index in [1.165, 1.54) is 24.0 Å². The summed E-state index contributed by atoms with van der Waals surface area (Å²) in [7, 11) is 0. The predicted octanol–water partition coefficient (Wildman–Crippen LogP) is 3.03. The van der Waals surface area contributed by atoms with E-state index in [0.717, 1.165) is 24.7 Å². The van der Waals surface area contributed by atoms with Crippen molar-refractivity contribution in [3.8, 4) is 5.75 Å². The van der Waals surface area contributed by atoms with Gasteiger partial charge in [0, 0.05) is 11.8 Å². The van der Waals surface area contributed by atoms with Gasteiger partial charge in [0.05, 0.1) is 6.61 Å². The van der Waals surface area contributed by atoms with E-state index in [1.807, 2.05) is 11.8 Å². The Morgan fingerprint density at radius 1 is 1.47 bits per heavy atom. The van der Waals surface area contributed by atoms with Gasteiger partial charge in [-0.05, 0) is 48.9 Å². The Bertz CT molecular complexity index is 367. The van der Waals surface area contributed by atoms with Crippen molar-refractivity contribution in [2.45, 2.75) is 25.8 Å². The maximum Gasteiger partial charge on any atom is 0.119 e. The lowest BCUT2D eigenvalue weighted by Crippen LogP contribution is -2.18. The Morgan fingerprint density at radius 3 is 3.12 bits per heavy atom. The third-order valence-electron chi connectivity index (χ3n) is 3.20. The number of fused-ring (bicyclic) bond motifs is 1. The van der Waals surface area contributed by atoms with Gasteiger partial charge in [0.25, 0.3) is 0 Å². The minimum Gasteiger partial charge on any atom is -0.493 e. The standard InChI is InChI=1S/C14H21NOS/c1-3-15-14-7-4-11-10-12(5-6-13(11)14)16-8-9-17-2/h5-6,10,14-15H,3-4,7-9H2,1-2H3. The van der Waals surface area contributed by atoms with Crippen LogP contribution in [-0.2, 0) is 6.42 Å². The highest BCUT2D eigenvalue weighted by atomic mass is 32.2. The molecule has 0 radical (unpaired) electrons. The topological polar surface area (TPSA) is 21.3 Å². The van der Waals surface area contributed by atoms with Gasteiger partial charge in [-0.3, -0.25) is 0 Å². The number of hydrogen-bond donors (Lipinski definition) is 1. The Morgan fingerprint density at radius 2 is 2.35 bits per heavy atom. The van der Waals surface area contributed by atoms with Crippen LogP contribution in [0.15, 0.2) is 18.2 Å². The molecule has 0 amide bonds. The minimum absolute atomic E-state index is 0.551. The Labute approximate surface area is 108 Å². The van der Waals surface area contributed by atoms with Crippen molar-refractivity contribution in [3.63, 3.8) is 0 Å². The van der Waals surface area contributed by atoms with Crippen LogP contribution in [-0.4, -0.2) is 25.2 Å². The molecule has 0 aromatic heterocycles. The summed E-state index contributed by atoms with van der Waals surface area (Å²) in [5, 5.41) is 3.53. The molecule has 0 saturated carbocycles. The zero-order valence-corrected chi connectivity index (χ0v) is 11.5. The molecule has 1 unspecified atom stereocenters. The fourth-order valence-electron chi connectivity index (χ4n) is 2.38. The second-order valence-electron chi connectivity index (χ2n) is 4.35. The SMILES string of the molecule is CCNC1CCc2cc(OCCSC)ccc21. The van der Waals surface area contributed by atoms with E-state index < -0.39 is 0 Å². The van der Waals surface area contributed by atoms with Crippen molar-refractivity contribution < 1.29 is 4.74 Å². The molecular formula is C14H21NOS. The first-order chi connectivity index (χ1) is 8.35. The van der Waals surface area contributed by atoms with Gasteiger partial charge >= 0.3 is 0 Å². The lowest BCUT2D eigenvalue weighted by Gasteiger charge is -2.13. The average Bonchev–Trinajstić information content (AvgIpc) is 2.73. The maximum atomic E-state index is 5.73. The van der Waals surface area contributed by atoms with E-state index in [4.69, 9.17) is 4.74 Å². The zero-order valence-electron chi connectivity index (χ0n) is 10.7. The van der Waals surface area contributed by atoms with Gasteiger partial charge in [-0.2, -0.15) is 11.8 Å². The van der Waals surface area contributed by atoms with Gasteiger partial charge in [-0.1, -0.05) is 13.0 Å². The number of hydrogen-bond acceptors (Lipinski definition) is 3. The van der Waals surface area contributed by atoms with E-state index in [2.05, 4.69) is 36.7 Å². The number of ether oxygens (including phenoxy) is 1. The van der Waals surface area contributed by atoms with E-state index in [0.29, 0.717) is 6.04 Å². The number of rotatable bonds is 6. The first-order valence-corrected chi connectivity index (χ1v) is 7.72. The summed E-state index contributed by atoms with van der Waals surface area (Å²) >= 11 is 1.82. The first-order valence-electron chi connectivity index (χ1n) is 6.33. The van der Waals surface area contributed by atoms with Crippen molar-refractivity contribution in [3.05, 3.63) is 29.3 Å². The van der Waals surface area contributed by atoms with Crippen LogP contribution in [0.5, 0.6) is 5.75 Å². The summed E-state index contributed by atoms with van der Waals surface area (Å²) in [6.07, 6.45) is 4.50. The average molecular weight is 251 g/mol. The van der Waals surface area contributed by atoms with Crippen LogP contribution in [0.4, 0.5) is 0 Å². The van der Waals surface area contributed by atoms with Gasteiger partial charge in [-0.25, -0.2) is 0 Å². The minimum atomic E-state index is 0.551. The second kappa shape index (κ2) is 6.31. The molecule has 3 heteroatoms. The smallest absolute Gasteiger partial charge is 0.119 e. The van der Waals surface area contributed by atoms with Gasteiger partial charge in [0.1, 0.15) is 5.75 Å². The molecule has 1 N–H and O–H groups in total. The van der Waals surface area contributed by atoms with Gasteiger partial charge < -0.3 is 10.1 Å². The molecule has 0 fully saturated rings. The summed E-state index contributed by atoms with van der Waals surface area (Å²) in [6.45, 7) is 4.00. The predicted molar refractivity (Wildman–Crippen MR) is 75.1 cm³/mol. The number of aryl methyl sites for hydroxylation is 1. The first kappa shape index (κ1) is 12.8. The monoisotopic (exact) mass is 251 g/mol. The zero-order chi connectivity index (χ0) is 12.1. The molecule has 0 spiro atoms. The molecule has 17 heavy (non-hydrogen) atoms. The Balaban J connectivity index is 2.01. The number of nitrogens with one attached hydrogen (secondary N) is 1. The van der Waals surface area contributed by atoms with Crippen molar-refractivity contribution in [1.82, 2.24) is 5.32 Å². The third-order valence-corrected chi connectivity index (χ3v) is 3.77. The molecule has 1 aromatic rings. The molecule has 94 valence electrons. The van der Waals surface area contributed by atoms with Gasteiger partial charge in [0.15, 0.2) is 0 Å². The lowest BCUT2D eigenvalue weighted by atomic mass is 10.1. The maximum absolute atomic E-state index is 5.73. The van der Waals surface area contributed by atoms with Crippen LogP contribution in [0.3, 0.4) is 0 Å². The highest BCUT2D eigenvalue weighted by molar-refractivity contribution is 7.98. The molecule has 1 atom stereocenters. The van der Waals surface area contributed by atoms with E-state index in [1.54, 1.807) is 0 Å². The fourth-order valence-corrected chi connectivity index (χ4v) is 2.63. The van der Waals surface area contributed by atoms with Crippen molar-refractivity contribution >= 4 is 11.8 Å². The molecule has 0 heterocycles. The van der Waals surface area contributed by atoms with E-state index in [-0.39, 0.29) is 0 Å². The summed E-state index contributed by atoms with van der Waals surface area (Å²) in [5.41, 5.74) is 2.92. The quantitative estimate of drug-likeness (QED) is 0.785. The number of benzene rings is 1. The molecule has 2 rings (SSSR count). The Kier molecular flexibility index (Phi) is 4.75. The molecule has 0 bridgehead atoms. The van der Waals surface area contributed by atoms with Crippen molar-refractivity contribution in [1.29, 1.82) is 0 Å². The van der Waals surface area contributed by atoms with Crippen molar-refractivity contribution in [2.75, 3.05) is 25.2 Å². The third kappa shape index (κ3) is 3.17. The van der Waals surface area contributed by atoms with E-state index >= 15 is 0 Å². The van der Waals surface area contributed by atoms with Gasteiger partial charge in [0.2, 0.25) is 0 Å². The van der Waals surface area contributed by atoms with Crippen LogP contribution in [0.2, 0.25) is 0 Å².